The molecule has 0 radical (unpaired) electrons. The molecule has 10 heteroatoms. The SMILES string of the molecule is Cc1ccc(-c2csc3nc(NC(=O)c4ccc5c(c4)C(=O)N(c4ccc(F)cc4)C5=O)nn23)cc1. The summed E-state index contributed by atoms with van der Waals surface area (Å²) < 4.78 is 14.9. The van der Waals surface area contributed by atoms with Gasteiger partial charge in [-0.05, 0) is 49.4 Å². The van der Waals surface area contributed by atoms with E-state index in [1.54, 1.807) is 4.52 Å². The first kappa shape index (κ1) is 21.8. The van der Waals surface area contributed by atoms with E-state index in [0.717, 1.165) is 21.7 Å². The molecular weight excluding hydrogens is 481 g/mol. The molecule has 3 heterocycles. The lowest BCUT2D eigenvalue weighted by Crippen LogP contribution is -2.29. The van der Waals surface area contributed by atoms with Crippen molar-refractivity contribution in [1.29, 1.82) is 0 Å². The molecule has 2 aromatic heterocycles. The van der Waals surface area contributed by atoms with E-state index < -0.39 is 23.5 Å². The van der Waals surface area contributed by atoms with E-state index in [9.17, 15) is 18.8 Å². The quantitative estimate of drug-likeness (QED) is 0.354. The van der Waals surface area contributed by atoms with Crippen LogP contribution in [0, 0.1) is 12.7 Å². The van der Waals surface area contributed by atoms with Gasteiger partial charge >= 0.3 is 0 Å². The largest absolute Gasteiger partial charge is 0.289 e. The highest BCUT2D eigenvalue weighted by atomic mass is 32.1. The number of aromatic nitrogens is 3. The molecule has 36 heavy (non-hydrogen) atoms. The zero-order valence-corrected chi connectivity index (χ0v) is 19.5. The van der Waals surface area contributed by atoms with E-state index in [2.05, 4.69) is 15.4 Å². The van der Waals surface area contributed by atoms with Crippen molar-refractivity contribution >= 4 is 45.7 Å². The van der Waals surface area contributed by atoms with Crippen LogP contribution in [0.3, 0.4) is 0 Å². The van der Waals surface area contributed by atoms with Crippen molar-refractivity contribution in [3.05, 3.63) is 100 Å². The molecule has 0 spiro atoms. The Morgan fingerprint density at radius 2 is 1.67 bits per heavy atom. The van der Waals surface area contributed by atoms with Crippen LogP contribution < -0.4 is 10.2 Å². The number of rotatable bonds is 4. The first-order valence-corrected chi connectivity index (χ1v) is 11.8. The van der Waals surface area contributed by atoms with E-state index in [0.29, 0.717) is 4.96 Å². The molecule has 176 valence electrons. The Hall–Kier alpha value is -4.70. The van der Waals surface area contributed by atoms with Crippen LogP contribution in [-0.2, 0) is 0 Å². The highest BCUT2D eigenvalue weighted by Gasteiger charge is 2.37. The summed E-state index contributed by atoms with van der Waals surface area (Å²) in [6.07, 6.45) is 0. The van der Waals surface area contributed by atoms with Gasteiger partial charge in [-0.15, -0.1) is 16.4 Å². The minimum absolute atomic E-state index is 0.0948. The maximum absolute atomic E-state index is 13.3. The minimum atomic E-state index is -0.584. The van der Waals surface area contributed by atoms with Crippen LogP contribution in [0.25, 0.3) is 16.2 Å². The number of nitrogens with one attached hydrogen (secondary N) is 1. The lowest BCUT2D eigenvalue weighted by Gasteiger charge is -2.13. The molecule has 5 aromatic rings. The third-order valence-electron chi connectivity index (χ3n) is 5.89. The van der Waals surface area contributed by atoms with Crippen LogP contribution in [0.1, 0.15) is 36.6 Å². The fourth-order valence-corrected chi connectivity index (χ4v) is 4.87. The zero-order chi connectivity index (χ0) is 25.0. The van der Waals surface area contributed by atoms with Crippen molar-refractivity contribution in [3.8, 4) is 11.3 Å². The van der Waals surface area contributed by atoms with Gasteiger partial charge in [0, 0.05) is 16.5 Å². The number of carbonyl (C=O) groups is 3. The fraction of sp³-hybridized carbons (Fsp3) is 0.0385. The van der Waals surface area contributed by atoms with Gasteiger partial charge in [-0.1, -0.05) is 29.8 Å². The van der Waals surface area contributed by atoms with Gasteiger partial charge in [0.1, 0.15) is 5.82 Å². The number of nitrogens with zero attached hydrogens (tertiary/aromatic N) is 4. The third-order valence-corrected chi connectivity index (χ3v) is 6.70. The van der Waals surface area contributed by atoms with Gasteiger partial charge in [0.15, 0.2) is 0 Å². The maximum Gasteiger partial charge on any atom is 0.266 e. The molecule has 1 aliphatic rings. The van der Waals surface area contributed by atoms with Crippen LogP contribution in [-0.4, -0.2) is 32.3 Å². The van der Waals surface area contributed by atoms with Crippen LogP contribution in [0.2, 0.25) is 0 Å². The Kier molecular flexibility index (Phi) is 4.97. The summed E-state index contributed by atoms with van der Waals surface area (Å²) in [7, 11) is 0. The van der Waals surface area contributed by atoms with Crippen molar-refractivity contribution in [1.82, 2.24) is 14.6 Å². The molecule has 1 aliphatic heterocycles. The number of amides is 3. The standard InChI is InChI=1S/C26H16FN5O3S/c1-14-2-4-15(5-3-14)21-13-36-26-29-25(30-32(21)26)28-22(33)16-6-11-19-20(12-16)24(35)31(23(19)34)18-9-7-17(27)8-10-18/h2-13H,1H3,(H,28,30,33). The normalized spacial score (nSPS) is 12.9. The summed E-state index contributed by atoms with van der Waals surface area (Å²) in [5.41, 5.74) is 3.66. The van der Waals surface area contributed by atoms with E-state index in [-0.39, 0.29) is 28.3 Å². The number of carbonyl (C=O) groups excluding carboxylic acids is 3. The highest BCUT2D eigenvalue weighted by molar-refractivity contribution is 7.15. The van der Waals surface area contributed by atoms with Gasteiger partial charge in [0.2, 0.25) is 4.96 Å². The average molecular weight is 498 g/mol. The molecular formula is C26H16FN5O3S. The Bertz CT molecular complexity index is 1690. The predicted octanol–water partition coefficient (Wildman–Crippen LogP) is 4.96. The molecule has 6 rings (SSSR count). The molecule has 0 aliphatic carbocycles. The van der Waals surface area contributed by atoms with Gasteiger partial charge in [-0.3, -0.25) is 19.7 Å². The van der Waals surface area contributed by atoms with E-state index in [1.165, 1.54) is 53.8 Å². The second-order valence-electron chi connectivity index (χ2n) is 8.25. The van der Waals surface area contributed by atoms with E-state index >= 15 is 0 Å². The molecule has 0 atom stereocenters. The summed E-state index contributed by atoms with van der Waals surface area (Å²) in [6, 6.07) is 17.3. The second-order valence-corrected chi connectivity index (χ2v) is 9.09. The molecule has 0 unspecified atom stereocenters. The van der Waals surface area contributed by atoms with Crippen molar-refractivity contribution < 1.29 is 18.8 Å². The molecule has 0 saturated carbocycles. The number of aryl methyl sites for hydroxylation is 1. The van der Waals surface area contributed by atoms with E-state index in [4.69, 9.17) is 0 Å². The molecule has 0 bridgehead atoms. The van der Waals surface area contributed by atoms with Crippen LogP contribution in [0.5, 0.6) is 0 Å². The summed E-state index contributed by atoms with van der Waals surface area (Å²) in [4.78, 5) is 44.6. The Balaban J connectivity index is 1.26. The number of hydrogen-bond acceptors (Lipinski definition) is 6. The smallest absolute Gasteiger partial charge is 0.266 e. The lowest BCUT2D eigenvalue weighted by molar-refractivity contribution is 0.0925. The number of benzene rings is 3. The Labute approximate surface area is 207 Å². The summed E-state index contributed by atoms with van der Waals surface area (Å²) >= 11 is 1.40. The summed E-state index contributed by atoms with van der Waals surface area (Å²) in [5, 5.41) is 9.03. The zero-order valence-electron chi connectivity index (χ0n) is 18.7. The van der Waals surface area contributed by atoms with E-state index in [1.807, 2.05) is 36.6 Å². The van der Waals surface area contributed by atoms with Crippen LogP contribution in [0.4, 0.5) is 16.0 Å². The van der Waals surface area contributed by atoms with Crippen LogP contribution >= 0.6 is 11.3 Å². The molecule has 1 N–H and O–H groups in total. The summed E-state index contributed by atoms with van der Waals surface area (Å²) in [5.74, 6) is -2.00. The fourth-order valence-electron chi connectivity index (χ4n) is 4.04. The Morgan fingerprint density at radius 1 is 0.944 bits per heavy atom. The van der Waals surface area contributed by atoms with Crippen molar-refractivity contribution in [2.24, 2.45) is 0 Å². The third kappa shape index (κ3) is 3.55. The van der Waals surface area contributed by atoms with Crippen molar-refractivity contribution in [2.75, 3.05) is 10.2 Å². The summed E-state index contributed by atoms with van der Waals surface area (Å²) in [6.45, 7) is 2.01. The number of thiazole rings is 1. The lowest BCUT2D eigenvalue weighted by atomic mass is 10.1. The van der Waals surface area contributed by atoms with Crippen LogP contribution in [0.15, 0.2) is 72.1 Å². The van der Waals surface area contributed by atoms with Gasteiger partial charge in [0.05, 0.1) is 22.5 Å². The first-order chi connectivity index (χ1) is 17.4. The number of imide groups is 1. The van der Waals surface area contributed by atoms with Crippen molar-refractivity contribution in [2.45, 2.75) is 6.92 Å². The van der Waals surface area contributed by atoms with Gasteiger partial charge in [0.25, 0.3) is 23.7 Å². The topological polar surface area (TPSA) is 96.7 Å². The van der Waals surface area contributed by atoms with Crippen molar-refractivity contribution in [3.63, 3.8) is 0 Å². The molecule has 3 amide bonds. The molecule has 8 nitrogen and oxygen atoms in total. The Morgan fingerprint density at radius 3 is 2.42 bits per heavy atom. The monoisotopic (exact) mass is 497 g/mol. The minimum Gasteiger partial charge on any atom is -0.289 e. The van der Waals surface area contributed by atoms with Gasteiger partial charge in [-0.2, -0.15) is 4.98 Å². The highest BCUT2D eigenvalue weighted by Crippen LogP contribution is 2.30. The first-order valence-electron chi connectivity index (χ1n) is 10.9. The van der Waals surface area contributed by atoms with Gasteiger partial charge in [-0.25, -0.2) is 13.8 Å². The molecule has 0 fully saturated rings. The predicted molar refractivity (Wildman–Crippen MR) is 133 cm³/mol. The number of anilines is 2. The maximum atomic E-state index is 13.3. The van der Waals surface area contributed by atoms with Gasteiger partial charge < -0.3 is 0 Å². The molecule has 0 saturated heterocycles. The number of halogens is 1. The number of fused-ring (bicyclic) bond motifs is 2. The average Bonchev–Trinajstić information content (AvgIpc) is 3.52. The second kappa shape index (κ2) is 8.21. The number of hydrogen-bond donors (Lipinski definition) is 1. The molecule has 3 aromatic carbocycles.